The van der Waals surface area contributed by atoms with Crippen LogP contribution in [0.4, 0.5) is 10.1 Å². The molecular formula is C20H24FN3O4. The van der Waals surface area contributed by atoms with E-state index in [1.807, 2.05) is 18.2 Å². The van der Waals surface area contributed by atoms with Gasteiger partial charge in [0, 0.05) is 31.7 Å². The molecule has 0 saturated carbocycles. The number of imide groups is 1. The molecule has 0 radical (unpaired) electrons. The lowest BCUT2D eigenvalue weighted by Gasteiger charge is -2.40. The highest BCUT2D eigenvalue weighted by Crippen LogP contribution is 2.39. The normalized spacial score (nSPS) is 28.2. The summed E-state index contributed by atoms with van der Waals surface area (Å²) in [7, 11) is 0. The first-order chi connectivity index (χ1) is 13.4. The molecule has 2 fully saturated rings. The van der Waals surface area contributed by atoms with Crippen molar-refractivity contribution in [2.75, 3.05) is 31.1 Å². The molecule has 0 bridgehead atoms. The molecule has 3 aliphatic heterocycles. The number of hydrogen-bond acceptors (Lipinski definition) is 5. The van der Waals surface area contributed by atoms with Gasteiger partial charge in [0.1, 0.15) is 6.17 Å². The number of amides is 2. The van der Waals surface area contributed by atoms with Gasteiger partial charge in [0.2, 0.25) is 11.8 Å². The summed E-state index contributed by atoms with van der Waals surface area (Å²) in [5.41, 5.74) is 2.96. The molecule has 2 N–H and O–H groups in total. The van der Waals surface area contributed by atoms with E-state index in [1.54, 1.807) is 4.90 Å². The first-order valence-electron chi connectivity index (χ1n) is 9.74. The largest absolute Gasteiger partial charge is 0.480 e. The monoisotopic (exact) mass is 389 g/mol. The Hall–Kier alpha value is -2.48. The predicted octanol–water partition coefficient (Wildman–Crippen LogP) is 1.07. The van der Waals surface area contributed by atoms with E-state index in [4.69, 9.17) is 5.11 Å². The van der Waals surface area contributed by atoms with Gasteiger partial charge in [-0.05, 0) is 36.5 Å². The highest BCUT2D eigenvalue weighted by molar-refractivity contribution is 6.01. The minimum Gasteiger partial charge on any atom is -0.480 e. The minimum atomic E-state index is -1.13. The number of nitrogens with one attached hydrogen (secondary N) is 1. The molecule has 28 heavy (non-hydrogen) atoms. The van der Waals surface area contributed by atoms with Crippen LogP contribution in [0.3, 0.4) is 0 Å². The van der Waals surface area contributed by atoms with E-state index < -0.39 is 12.1 Å². The molecule has 2 saturated heterocycles. The van der Waals surface area contributed by atoms with Crippen LogP contribution >= 0.6 is 0 Å². The topological polar surface area (TPSA) is 89.9 Å². The van der Waals surface area contributed by atoms with E-state index in [2.05, 4.69) is 10.2 Å². The number of carbonyl (C=O) groups excluding carboxylic acids is 2. The Balaban J connectivity index is 1.53. The predicted molar refractivity (Wildman–Crippen MR) is 100.0 cm³/mol. The quantitative estimate of drug-likeness (QED) is 0.749. The molecular weight excluding hydrogens is 365 g/mol. The summed E-state index contributed by atoms with van der Waals surface area (Å²) in [6, 6.07) is 5.50. The average Bonchev–Trinajstić information content (AvgIpc) is 3.05. The Morgan fingerprint density at radius 3 is 2.75 bits per heavy atom. The fourth-order valence-electron chi connectivity index (χ4n) is 4.79. The number of carbonyl (C=O) groups is 3. The third-order valence-corrected chi connectivity index (χ3v) is 6.06. The van der Waals surface area contributed by atoms with E-state index in [1.165, 1.54) is 0 Å². The van der Waals surface area contributed by atoms with E-state index in [-0.39, 0.29) is 36.9 Å². The van der Waals surface area contributed by atoms with Gasteiger partial charge in [-0.15, -0.1) is 0 Å². The van der Waals surface area contributed by atoms with Gasteiger partial charge >= 0.3 is 5.97 Å². The zero-order valence-corrected chi connectivity index (χ0v) is 15.6. The van der Waals surface area contributed by atoms with E-state index >= 15 is 0 Å². The highest BCUT2D eigenvalue weighted by atomic mass is 19.1. The minimum absolute atomic E-state index is 0.121. The van der Waals surface area contributed by atoms with Gasteiger partial charge in [0.05, 0.1) is 18.5 Å². The number of carboxylic acid groups (broad SMARTS) is 1. The first-order valence-corrected chi connectivity index (χ1v) is 9.74. The summed E-state index contributed by atoms with van der Waals surface area (Å²) in [4.78, 5) is 38.4. The van der Waals surface area contributed by atoms with Crippen LogP contribution < -0.4 is 10.2 Å². The van der Waals surface area contributed by atoms with Crippen molar-refractivity contribution in [3.8, 4) is 0 Å². The van der Waals surface area contributed by atoms with Crippen LogP contribution in [-0.4, -0.2) is 66.2 Å². The Morgan fingerprint density at radius 1 is 1.21 bits per heavy atom. The fourth-order valence-corrected chi connectivity index (χ4v) is 4.79. The molecule has 3 aliphatic rings. The van der Waals surface area contributed by atoms with Crippen molar-refractivity contribution in [3.63, 3.8) is 0 Å². The second-order valence-electron chi connectivity index (χ2n) is 7.79. The lowest BCUT2D eigenvalue weighted by atomic mass is 9.86. The number of hydrogen-bond donors (Lipinski definition) is 2. The number of benzene rings is 1. The summed E-state index contributed by atoms with van der Waals surface area (Å²) in [6.07, 6.45) is 1.01. The molecule has 1 aromatic rings. The SMILES string of the molecule is O=C(O)CN1CC[C@H](N2CCc3c([C@H]4CCC(=O)NC4=O)cccc32)[C@@H](F)C1. The maximum absolute atomic E-state index is 14.9. The number of fused-ring (bicyclic) bond motifs is 1. The second-order valence-corrected chi connectivity index (χ2v) is 7.79. The summed E-state index contributed by atoms with van der Waals surface area (Å²) in [5, 5.41) is 11.3. The number of piperidine rings is 2. The number of anilines is 1. The maximum atomic E-state index is 14.9. The lowest BCUT2D eigenvalue weighted by Crippen LogP contribution is -2.53. The third-order valence-electron chi connectivity index (χ3n) is 6.06. The van der Waals surface area contributed by atoms with Crippen LogP contribution in [0.15, 0.2) is 18.2 Å². The number of alkyl halides is 1. The van der Waals surface area contributed by atoms with Gasteiger partial charge in [-0.2, -0.15) is 0 Å². The highest BCUT2D eigenvalue weighted by Gasteiger charge is 2.38. The number of likely N-dealkylation sites (tertiary alicyclic amines) is 1. The smallest absolute Gasteiger partial charge is 0.317 e. The number of halogens is 1. The third kappa shape index (κ3) is 3.48. The Labute approximate surface area is 162 Å². The Bertz CT molecular complexity index is 815. The van der Waals surface area contributed by atoms with Gasteiger partial charge in [-0.25, -0.2) is 4.39 Å². The molecule has 150 valence electrons. The number of carboxylic acids is 1. The molecule has 3 atom stereocenters. The van der Waals surface area contributed by atoms with Crippen molar-refractivity contribution in [2.24, 2.45) is 0 Å². The zero-order chi connectivity index (χ0) is 19.8. The van der Waals surface area contributed by atoms with Crippen LogP contribution in [0.5, 0.6) is 0 Å². The van der Waals surface area contributed by atoms with Crippen molar-refractivity contribution in [3.05, 3.63) is 29.3 Å². The fraction of sp³-hybridized carbons (Fsp3) is 0.550. The molecule has 0 aliphatic carbocycles. The first kappa shape index (κ1) is 18.9. The van der Waals surface area contributed by atoms with Crippen molar-refractivity contribution in [1.29, 1.82) is 0 Å². The van der Waals surface area contributed by atoms with Crippen molar-refractivity contribution in [2.45, 2.75) is 43.8 Å². The molecule has 7 nitrogen and oxygen atoms in total. The summed E-state index contributed by atoms with van der Waals surface area (Å²) < 4.78 is 14.9. The molecule has 3 heterocycles. The standard InChI is InChI=1S/C20H24FN3O4/c21-15-10-23(11-19(26)27)8-7-17(15)24-9-6-13-12(2-1-3-16(13)24)14-4-5-18(25)22-20(14)28/h1-3,14-15,17H,4-11H2,(H,26,27)(H,22,25,28)/t14-,15+,17+/m1/s1. The van der Waals surface area contributed by atoms with E-state index in [0.29, 0.717) is 32.4 Å². The van der Waals surface area contributed by atoms with Gasteiger partial charge in [-0.1, -0.05) is 12.1 Å². The summed E-state index contributed by atoms with van der Waals surface area (Å²) in [6.45, 7) is 1.22. The number of nitrogens with zero attached hydrogens (tertiary/aromatic N) is 2. The van der Waals surface area contributed by atoms with Gasteiger partial charge in [0.15, 0.2) is 0 Å². The van der Waals surface area contributed by atoms with Gasteiger partial charge < -0.3 is 10.0 Å². The molecule has 8 heteroatoms. The van der Waals surface area contributed by atoms with Crippen LogP contribution in [0, 0.1) is 0 Å². The molecule has 1 aromatic carbocycles. The van der Waals surface area contributed by atoms with E-state index in [9.17, 15) is 18.8 Å². The number of rotatable bonds is 4. The molecule has 4 rings (SSSR count). The van der Waals surface area contributed by atoms with Crippen LogP contribution in [0.25, 0.3) is 0 Å². The molecule has 0 aromatic heterocycles. The van der Waals surface area contributed by atoms with Crippen molar-refractivity contribution >= 4 is 23.5 Å². The maximum Gasteiger partial charge on any atom is 0.317 e. The van der Waals surface area contributed by atoms with Crippen LogP contribution in [0.1, 0.15) is 36.3 Å². The molecule has 0 spiro atoms. The van der Waals surface area contributed by atoms with Gasteiger partial charge in [-0.3, -0.25) is 24.6 Å². The van der Waals surface area contributed by atoms with Crippen LogP contribution in [-0.2, 0) is 20.8 Å². The Kier molecular flexibility index (Phi) is 5.05. The van der Waals surface area contributed by atoms with Crippen molar-refractivity contribution < 1.29 is 23.9 Å². The number of aliphatic carboxylic acids is 1. The summed E-state index contributed by atoms with van der Waals surface area (Å²) >= 11 is 0. The van der Waals surface area contributed by atoms with Crippen LogP contribution in [0.2, 0.25) is 0 Å². The second kappa shape index (κ2) is 7.50. The average molecular weight is 389 g/mol. The summed E-state index contributed by atoms with van der Waals surface area (Å²) in [5.74, 6) is -1.77. The molecule has 2 amide bonds. The van der Waals surface area contributed by atoms with Gasteiger partial charge in [0.25, 0.3) is 0 Å². The Morgan fingerprint density at radius 2 is 2.04 bits per heavy atom. The van der Waals surface area contributed by atoms with E-state index in [0.717, 1.165) is 23.2 Å². The van der Waals surface area contributed by atoms with Crippen molar-refractivity contribution in [1.82, 2.24) is 10.2 Å². The zero-order valence-electron chi connectivity index (χ0n) is 15.6. The molecule has 0 unspecified atom stereocenters. The lowest BCUT2D eigenvalue weighted by molar-refractivity contribution is -0.139.